The van der Waals surface area contributed by atoms with E-state index in [2.05, 4.69) is 13.0 Å². The smallest absolute Gasteiger partial charge is 0.320 e. The number of aliphatic carboxylic acids is 1. The summed E-state index contributed by atoms with van der Waals surface area (Å²) in [5.74, 6) is 0.176. The average Bonchev–Trinajstić information content (AvgIpc) is 2.83. The Morgan fingerprint density at radius 2 is 2.26 bits per heavy atom. The number of hydrogen-bond acceptors (Lipinski definition) is 3. The molecule has 19 heavy (non-hydrogen) atoms. The van der Waals surface area contributed by atoms with E-state index in [0.717, 1.165) is 30.7 Å². The van der Waals surface area contributed by atoms with Gasteiger partial charge in [0.25, 0.3) is 0 Å². The zero-order chi connectivity index (χ0) is 13.8. The molecule has 0 saturated carbocycles. The van der Waals surface area contributed by atoms with Crippen molar-refractivity contribution in [2.45, 2.75) is 32.7 Å². The lowest BCUT2D eigenvalue weighted by molar-refractivity contribution is -0.142. The minimum absolute atomic E-state index is 0.331. The number of likely N-dealkylation sites (tertiary alicyclic amines) is 1. The van der Waals surface area contributed by atoms with Crippen molar-refractivity contribution < 1.29 is 14.6 Å². The molecule has 1 fully saturated rings. The van der Waals surface area contributed by atoms with E-state index in [1.54, 1.807) is 0 Å². The third-order valence-corrected chi connectivity index (χ3v) is 3.84. The summed E-state index contributed by atoms with van der Waals surface area (Å²) in [5.41, 5.74) is 2.36. The molecule has 0 amide bonds. The molecule has 1 saturated heterocycles. The second kappa shape index (κ2) is 6.06. The fourth-order valence-corrected chi connectivity index (χ4v) is 2.53. The zero-order valence-electron chi connectivity index (χ0n) is 11.6. The number of nitrogens with zero attached hydrogens (tertiary/aromatic N) is 1. The largest absolute Gasteiger partial charge is 0.492 e. The van der Waals surface area contributed by atoms with Crippen LogP contribution in [-0.4, -0.2) is 41.7 Å². The van der Waals surface area contributed by atoms with E-state index in [0.29, 0.717) is 13.2 Å². The van der Waals surface area contributed by atoms with E-state index in [9.17, 15) is 4.79 Å². The van der Waals surface area contributed by atoms with Gasteiger partial charge in [-0.25, -0.2) is 0 Å². The molecule has 0 aromatic heterocycles. The first-order valence-electron chi connectivity index (χ1n) is 6.75. The van der Waals surface area contributed by atoms with E-state index >= 15 is 0 Å². The first kappa shape index (κ1) is 13.9. The topological polar surface area (TPSA) is 49.8 Å². The van der Waals surface area contributed by atoms with Crippen molar-refractivity contribution in [2.75, 3.05) is 19.7 Å². The number of hydrogen-bond donors (Lipinski definition) is 1. The molecule has 104 valence electrons. The lowest BCUT2D eigenvalue weighted by atomic mass is 10.1. The number of benzene rings is 1. The normalized spacial score (nSPS) is 19.6. The molecule has 4 heteroatoms. The highest BCUT2D eigenvalue weighted by atomic mass is 16.5. The summed E-state index contributed by atoms with van der Waals surface area (Å²) in [7, 11) is 0. The molecule has 4 nitrogen and oxygen atoms in total. The Bertz CT molecular complexity index is 459. The van der Waals surface area contributed by atoms with Crippen molar-refractivity contribution in [1.29, 1.82) is 0 Å². The van der Waals surface area contributed by atoms with Crippen LogP contribution in [0.2, 0.25) is 0 Å². The van der Waals surface area contributed by atoms with Gasteiger partial charge in [0.05, 0.1) is 0 Å². The zero-order valence-corrected chi connectivity index (χ0v) is 11.6. The number of carbonyl (C=O) groups is 1. The van der Waals surface area contributed by atoms with Gasteiger partial charge in [-0.3, -0.25) is 9.69 Å². The molecule has 2 rings (SSSR count). The first-order valence-corrected chi connectivity index (χ1v) is 6.75. The maximum absolute atomic E-state index is 11.1. The lowest BCUT2D eigenvalue weighted by Crippen LogP contribution is -2.38. The minimum Gasteiger partial charge on any atom is -0.492 e. The van der Waals surface area contributed by atoms with Crippen LogP contribution < -0.4 is 4.74 Å². The molecule has 1 aliphatic heterocycles. The van der Waals surface area contributed by atoms with Crippen LogP contribution in [-0.2, 0) is 4.79 Å². The van der Waals surface area contributed by atoms with Crippen molar-refractivity contribution in [3.63, 3.8) is 0 Å². The summed E-state index contributed by atoms with van der Waals surface area (Å²) in [6, 6.07) is 5.67. The summed E-state index contributed by atoms with van der Waals surface area (Å²) >= 11 is 0. The Kier molecular flexibility index (Phi) is 4.43. The predicted octanol–water partition coefficient (Wildman–Crippen LogP) is 2.23. The third kappa shape index (κ3) is 3.26. The highest BCUT2D eigenvalue weighted by molar-refractivity contribution is 5.73. The third-order valence-electron chi connectivity index (χ3n) is 3.84. The van der Waals surface area contributed by atoms with Crippen molar-refractivity contribution in [1.82, 2.24) is 4.90 Å². The van der Waals surface area contributed by atoms with Crippen LogP contribution in [0.1, 0.15) is 24.0 Å². The molecule has 0 aliphatic carbocycles. The summed E-state index contributed by atoms with van der Waals surface area (Å²) < 4.78 is 5.77. The molecule has 1 unspecified atom stereocenters. The van der Waals surface area contributed by atoms with Crippen LogP contribution in [0.3, 0.4) is 0 Å². The molecule has 1 atom stereocenters. The van der Waals surface area contributed by atoms with Gasteiger partial charge in [0.15, 0.2) is 0 Å². The number of aryl methyl sites for hydroxylation is 1. The van der Waals surface area contributed by atoms with Gasteiger partial charge in [-0.1, -0.05) is 12.1 Å². The molecular formula is C15H21NO3. The predicted molar refractivity (Wildman–Crippen MR) is 73.6 cm³/mol. The molecule has 1 N–H and O–H groups in total. The average molecular weight is 263 g/mol. The SMILES string of the molecule is Cc1cccc(OCCN2CCCC2C(=O)O)c1C. The fourth-order valence-electron chi connectivity index (χ4n) is 2.53. The molecule has 1 heterocycles. The number of ether oxygens (including phenoxy) is 1. The molecule has 1 aromatic carbocycles. The quantitative estimate of drug-likeness (QED) is 0.885. The van der Waals surface area contributed by atoms with Crippen molar-refractivity contribution in [3.05, 3.63) is 29.3 Å². The Hall–Kier alpha value is -1.55. The molecule has 0 spiro atoms. The van der Waals surface area contributed by atoms with E-state index in [4.69, 9.17) is 9.84 Å². The van der Waals surface area contributed by atoms with E-state index in [1.807, 2.05) is 24.0 Å². The Morgan fingerprint density at radius 3 is 3.00 bits per heavy atom. The minimum atomic E-state index is -0.718. The van der Waals surface area contributed by atoms with E-state index in [1.165, 1.54) is 5.56 Å². The number of carboxylic acid groups (broad SMARTS) is 1. The van der Waals surface area contributed by atoms with Gasteiger partial charge in [0.1, 0.15) is 18.4 Å². The highest BCUT2D eigenvalue weighted by Gasteiger charge is 2.29. The fraction of sp³-hybridized carbons (Fsp3) is 0.533. The van der Waals surface area contributed by atoms with E-state index < -0.39 is 5.97 Å². The van der Waals surface area contributed by atoms with Gasteiger partial charge in [-0.05, 0) is 50.4 Å². The van der Waals surface area contributed by atoms with Gasteiger partial charge >= 0.3 is 5.97 Å². The molecular weight excluding hydrogens is 242 g/mol. The Morgan fingerprint density at radius 1 is 1.47 bits per heavy atom. The Labute approximate surface area is 114 Å². The van der Waals surface area contributed by atoms with Crippen LogP contribution in [0.25, 0.3) is 0 Å². The van der Waals surface area contributed by atoms with Crippen LogP contribution in [0.15, 0.2) is 18.2 Å². The molecule has 0 radical (unpaired) electrons. The highest BCUT2D eigenvalue weighted by Crippen LogP contribution is 2.21. The van der Waals surface area contributed by atoms with Crippen LogP contribution >= 0.6 is 0 Å². The maximum Gasteiger partial charge on any atom is 0.320 e. The summed E-state index contributed by atoms with van der Waals surface area (Å²) in [6.07, 6.45) is 1.71. The van der Waals surface area contributed by atoms with Crippen LogP contribution in [0.4, 0.5) is 0 Å². The van der Waals surface area contributed by atoms with Crippen molar-refractivity contribution >= 4 is 5.97 Å². The van der Waals surface area contributed by atoms with Crippen molar-refractivity contribution in [2.24, 2.45) is 0 Å². The van der Waals surface area contributed by atoms with Crippen molar-refractivity contribution in [3.8, 4) is 5.75 Å². The van der Waals surface area contributed by atoms with Gasteiger partial charge in [0, 0.05) is 6.54 Å². The number of rotatable bonds is 5. The lowest BCUT2D eigenvalue weighted by Gasteiger charge is -2.21. The van der Waals surface area contributed by atoms with Gasteiger partial charge in [0.2, 0.25) is 0 Å². The van der Waals surface area contributed by atoms with Gasteiger partial charge in [-0.15, -0.1) is 0 Å². The molecule has 0 bridgehead atoms. The van der Waals surface area contributed by atoms with Gasteiger partial charge in [-0.2, -0.15) is 0 Å². The maximum atomic E-state index is 11.1. The first-order chi connectivity index (χ1) is 9.09. The van der Waals surface area contributed by atoms with E-state index in [-0.39, 0.29) is 6.04 Å². The summed E-state index contributed by atoms with van der Waals surface area (Å²) in [5, 5.41) is 9.10. The second-order valence-electron chi connectivity index (χ2n) is 5.08. The van der Waals surface area contributed by atoms with Gasteiger partial charge < -0.3 is 9.84 Å². The monoisotopic (exact) mass is 263 g/mol. The summed E-state index contributed by atoms with van der Waals surface area (Å²) in [6.45, 7) is 6.16. The molecule has 1 aliphatic rings. The standard InChI is InChI=1S/C15H21NO3/c1-11-5-3-7-14(12(11)2)19-10-9-16-8-4-6-13(16)15(17)18/h3,5,7,13H,4,6,8-10H2,1-2H3,(H,17,18). The second-order valence-corrected chi connectivity index (χ2v) is 5.08. The summed E-state index contributed by atoms with van der Waals surface area (Å²) in [4.78, 5) is 13.1. The van der Waals surface area contributed by atoms with Crippen LogP contribution in [0, 0.1) is 13.8 Å². The van der Waals surface area contributed by atoms with Crippen LogP contribution in [0.5, 0.6) is 5.75 Å². The molecule has 1 aromatic rings. The Balaban J connectivity index is 1.86. The number of carboxylic acids is 1.